The molecule has 21 heavy (non-hydrogen) atoms. The maximum Gasteiger partial charge on any atom is 0.258 e. The summed E-state index contributed by atoms with van der Waals surface area (Å²) in [5.74, 6) is 0.0374. The Morgan fingerprint density at radius 3 is 2.76 bits per heavy atom. The van der Waals surface area contributed by atoms with Crippen molar-refractivity contribution in [3.63, 3.8) is 0 Å². The Morgan fingerprint density at radius 2 is 2.05 bits per heavy atom. The smallest absolute Gasteiger partial charge is 0.258 e. The van der Waals surface area contributed by atoms with E-state index in [1.54, 1.807) is 0 Å². The monoisotopic (exact) mass is 344 g/mol. The molecule has 0 bridgehead atoms. The first kappa shape index (κ1) is 14.1. The highest BCUT2D eigenvalue weighted by atomic mass is 79.9. The molecule has 3 rings (SSSR count). The first-order valence-electron chi connectivity index (χ1n) is 6.95. The van der Waals surface area contributed by atoms with E-state index in [9.17, 15) is 4.79 Å². The van der Waals surface area contributed by atoms with E-state index in [2.05, 4.69) is 22.9 Å². The summed E-state index contributed by atoms with van der Waals surface area (Å²) in [6.45, 7) is 4.06. The van der Waals surface area contributed by atoms with Gasteiger partial charge >= 0.3 is 0 Å². The van der Waals surface area contributed by atoms with Crippen molar-refractivity contribution < 1.29 is 4.79 Å². The van der Waals surface area contributed by atoms with Crippen LogP contribution in [0, 0.1) is 6.92 Å². The molecule has 1 atom stereocenters. The van der Waals surface area contributed by atoms with Crippen molar-refractivity contribution in [1.82, 2.24) is 0 Å². The largest absolute Gasteiger partial charge is 0.399 e. The summed E-state index contributed by atoms with van der Waals surface area (Å²) in [4.78, 5) is 14.8. The third-order valence-electron chi connectivity index (χ3n) is 3.83. The minimum absolute atomic E-state index is 0.0374. The number of rotatable bonds is 1. The van der Waals surface area contributed by atoms with Crippen LogP contribution in [0.15, 0.2) is 40.9 Å². The zero-order valence-corrected chi connectivity index (χ0v) is 13.6. The first-order valence-corrected chi connectivity index (χ1v) is 7.74. The van der Waals surface area contributed by atoms with E-state index in [1.807, 2.05) is 48.2 Å². The van der Waals surface area contributed by atoms with Gasteiger partial charge in [-0.05, 0) is 67.8 Å². The highest BCUT2D eigenvalue weighted by Crippen LogP contribution is 2.35. The molecule has 108 valence electrons. The summed E-state index contributed by atoms with van der Waals surface area (Å²) >= 11 is 3.46. The van der Waals surface area contributed by atoms with E-state index in [0.29, 0.717) is 5.56 Å². The van der Waals surface area contributed by atoms with Crippen LogP contribution < -0.4 is 10.6 Å². The molecule has 3 nitrogen and oxygen atoms in total. The molecule has 0 fully saturated rings. The lowest BCUT2D eigenvalue weighted by atomic mass is 10.1. The van der Waals surface area contributed by atoms with Gasteiger partial charge in [0.15, 0.2) is 0 Å². The number of hydrogen-bond donors (Lipinski definition) is 1. The molecular formula is C17H17BrN2O. The predicted octanol–water partition coefficient (Wildman–Crippen LogP) is 3.93. The maximum absolute atomic E-state index is 12.9. The second-order valence-corrected chi connectivity index (χ2v) is 6.55. The van der Waals surface area contributed by atoms with Crippen molar-refractivity contribution in [2.24, 2.45) is 0 Å². The summed E-state index contributed by atoms with van der Waals surface area (Å²) in [6.07, 6.45) is 0.846. The number of nitrogens with two attached hydrogens (primary N) is 1. The normalized spacial score (nSPS) is 16.9. The average molecular weight is 345 g/mol. The molecule has 2 aromatic carbocycles. The standard InChI is InChI=1S/C17H17BrN2O/c1-10-5-13(8-14(18)6-10)17(21)20-11(2)7-12-9-15(19)3-4-16(12)20/h3-6,8-9,11H,7,19H2,1-2H3. The Hall–Kier alpha value is -1.81. The molecule has 1 aliphatic heterocycles. The fourth-order valence-corrected chi connectivity index (χ4v) is 3.57. The predicted molar refractivity (Wildman–Crippen MR) is 89.7 cm³/mol. The van der Waals surface area contributed by atoms with Crippen molar-refractivity contribution in [3.8, 4) is 0 Å². The molecule has 1 heterocycles. The number of anilines is 2. The van der Waals surface area contributed by atoms with Gasteiger partial charge < -0.3 is 10.6 Å². The molecule has 2 N–H and O–H groups in total. The lowest BCUT2D eigenvalue weighted by Gasteiger charge is -2.23. The quantitative estimate of drug-likeness (QED) is 0.796. The van der Waals surface area contributed by atoms with Crippen molar-refractivity contribution in [2.45, 2.75) is 26.3 Å². The number of amides is 1. The molecule has 1 amide bonds. The number of aryl methyl sites for hydroxylation is 1. The minimum atomic E-state index is 0.0374. The van der Waals surface area contributed by atoms with Gasteiger partial charge in [0.1, 0.15) is 0 Å². The van der Waals surface area contributed by atoms with Crippen LogP contribution in [0.3, 0.4) is 0 Å². The molecule has 0 spiro atoms. The van der Waals surface area contributed by atoms with E-state index in [0.717, 1.165) is 33.4 Å². The van der Waals surface area contributed by atoms with Gasteiger partial charge in [-0.1, -0.05) is 15.9 Å². The lowest BCUT2D eigenvalue weighted by Crippen LogP contribution is -2.35. The van der Waals surface area contributed by atoms with Crippen LogP contribution in [0.5, 0.6) is 0 Å². The summed E-state index contributed by atoms with van der Waals surface area (Å²) in [5, 5.41) is 0. The molecule has 1 unspecified atom stereocenters. The van der Waals surface area contributed by atoms with Gasteiger partial charge in [-0.3, -0.25) is 4.79 Å². The second-order valence-electron chi connectivity index (χ2n) is 5.63. The third kappa shape index (κ3) is 2.56. The molecular weight excluding hydrogens is 328 g/mol. The van der Waals surface area contributed by atoms with Crippen molar-refractivity contribution in [2.75, 3.05) is 10.6 Å². The Morgan fingerprint density at radius 1 is 1.29 bits per heavy atom. The maximum atomic E-state index is 12.9. The van der Waals surface area contributed by atoms with Crippen LogP contribution in [0.4, 0.5) is 11.4 Å². The summed E-state index contributed by atoms with van der Waals surface area (Å²) in [6, 6.07) is 11.7. The van der Waals surface area contributed by atoms with E-state index in [1.165, 1.54) is 0 Å². The second kappa shape index (κ2) is 5.19. The fourth-order valence-electron chi connectivity index (χ4n) is 2.96. The zero-order valence-electron chi connectivity index (χ0n) is 12.1. The number of fused-ring (bicyclic) bond motifs is 1. The Kier molecular flexibility index (Phi) is 3.49. The molecule has 2 aromatic rings. The molecule has 0 radical (unpaired) electrons. The van der Waals surface area contributed by atoms with Gasteiger partial charge in [0.2, 0.25) is 0 Å². The first-order chi connectivity index (χ1) is 9.95. The van der Waals surface area contributed by atoms with Gasteiger partial charge in [-0.2, -0.15) is 0 Å². The van der Waals surface area contributed by atoms with Crippen LogP contribution >= 0.6 is 15.9 Å². The fraction of sp³-hybridized carbons (Fsp3) is 0.235. The van der Waals surface area contributed by atoms with Crippen LogP contribution in [0.1, 0.15) is 28.4 Å². The van der Waals surface area contributed by atoms with Crippen LogP contribution in [-0.2, 0) is 6.42 Å². The molecule has 0 aromatic heterocycles. The van der Waals surface area contributed by atoms with Gasteiger partial charge in [-0.15, -0.1) is 0 Å². The number of benzene rings is 2. The Bertz CT molecular complexity index is 706. The molecule has 0 aliphatic carbocycles. The van der Waals surface area contributed by atoms with Crippen LogP contribution in [-0.4, -0.2) is 11.9 Å². The highest BCUT2D eigenvalue weighted by Gasteiger charge is 2.31. The molecule has 0 saturated carbocycles. The Labute approximate surface area is 132 Å². The van der Waals surface area contributed by atoms with E-state index in [-0.39, 0.29) is 11.9 Å². The minimum Gasteiger partial charge on any atom is -0.399 e. The highest BCUT2D eigenvalue weighted by molar-refractivity contribution is 9.10. The van der Waals surface area contributed by atoms with Crippen LogP contribution in [0.25, 0.3) is 0 Å². The SMILES string of the molecule is Cc1cc(Br)cc(C(=O)N2c3ccc(N)cc3CC2C)c1. The van der Waals surface area contributed by atoms with Crippen LogP contribution in [0.2, 0.25) is 0 Å². The molecule has 1 aliphatic rings. The number of hydrogen-bond acceptors (Lipinski definition) is 2. The van der Waals surface area contributed by atoms with E-state index >= 15 is 0 Å². The molecule has 4 heteroatoms. The van der Waals surface area contributed by atoms with Crippen molar-refractivity contribution in [1.29, 1.82) is 0 Å². The summed E-state index contributed by atoms with van der Waals surface area (Å²) in [7, 11) is 0. The third-order valence-corrected chi connectivity index (χ3v) is 4.28. The summed E-state index contributed by atoms with van der Waals surface area (Å²) in [5.41, 5.74) is 10.5. The average Bonchev–Trinajstić information content (AvgIpc) is 2.71. The van der Waals surface area contributed by atoms with Gasteiger partial charge in [-0.25, -0.2) is 0 Å². The number of carbonyl (C=O) groups is 1. The van der Waals surface area contributed by atoms with Crippen molar-refractivity contribution in [3.05, 3.63) is 57.6 Å². The lowest BCUT2D eigenvalue weighted by molar-refractivity contribution is 0.0981. The summed E-state index contributed by atoms with van der Waals surface area (Å²) < 4.78 is 0.926. The Balaban J connectivity index is 2.02. The van der Waals surface area contributed by atoms with Crippen molar-refractivity contribution >= 4 is 33.2 Å². The van der Waals surface area contributed by atoms with Gasteiger partial charge in [0, 0.05) is 27.5 Å². The topological polar surface area (TPSA) is 46.3 Å². The molecule has 0 saturated heterocycles. The number of carbonyl (C=O) groups excluding carboxylic acids is 1. The number of nitrogens with zero attached hydrogens (tertiary/aromatic N) is 1. The number of halogens is 1. The van der Waals surface area contributed by atoms with E-state index in [4.69, 9.17) is 5.73 Å². The van der Waals surface area contributed by atoms with E-state index < -0.39 is 0 Å². The van der Waals surface area contributed by atoms with Gasteiger partial charge in [0.05, 0.1) is 0 Å². The number of nitrogen functional groups attached to an aromatic ring is 1. The zero-order chi connectivity index (χ0) is 15.1. The van der Waals surface area contributed by atoms with Gasteiger partial charge in [0.25, 0.3) is 5.91 Å².